The fourth-order valence-electron chi connectivity index (χ4n) is 2.54. The van der Waals surface area contributed by atoms with Gasteiger partial charge in [0.05, 0.1) is 19.3 Å². The summed E-state index contributed by atoms with van der Waals surface area (Å²) in [6.07, 6.45) is 2.85. The van der Waals surface area contributed by atoms with E-state index in [0.29, 0.717) is 17.8 Å². The van der Waals surface area contributed by atoms with Crippen LogP contribution >= 0.6 is 12.2 Å². The molecule has 2 aliphatic heterocycles. The van der Waals surface area contributed by atoms with E-state index in [1.54, 1.807) is 7.11 Å². The van der Waals surface area contributed by atoms with Gasteiger partial charge in [-0.15, -0.1) is 0 Å². The van der Waals surface area contributed by atoms with E-state index in [4.69, 9.17) is 21.7 Å². The Hall–Kier alpha value is -0.430. The number of morpholine rings is 1. The van der Waals surface area contributed by atoms with E-state index in [0.717, 1.165) is 26.2 Å². The summed E-state index contributed by atoms with van der Waals surface area (Å²) < 4.78 is 10.8. The normalized spacial score (nSPS) is 27.8. The number of hydrogen-bond donors (Lipinski definition) is 2. The van der Waals surface area contributed by atoms with Gasteiger partial charge in [-0.3, -0.25) is 4.90 Å². The molecule has 2 heterocycles. The first-order valence-electron chi connectivity index (χ1n) is 6.66. The second-order valence-corrected chi connectivity index (χ2v) is 5.28. The lowest BCUT2D eigenvalue weighted by Crippen LogP contribution is -2.51. The van der Waals surface area contributed by atoms with Gasteiger partial charge in [-0.1, -0.05) is 0 Å². The topological polar surface area (TPSA) is 45.8 Å². The molecule has 2 aliphatic rings. The molecule has 0 aromatic carbocycles. The van der Waals surface area contributed by atoms with Crippen molar-refractivity contribution in [2.75, 3.05) is 46.5 Å². The summed E-state index contributed by atoms with van der Waals surface area (Å²) >= 11 is 5.18. The second kappa shape index (κ2) is 7.23. The second-order valence-electron chi connectivity index (χ2n) is 4.88. The predicted octanol–water partition coefficient (Wildman–Crippen LogP) is -0.0399. The SMILES string of the molecule is COCCNC(=S)NCC1CN2CCCC2CO1. The van der Waals surface area contributed by atoms with Gasteiger partial charge in [-0.2, -0.15) is 0 Å². The minimum atomic E-state index is 0.251. The molecule has 0 saturated carbocycles. The maximum Gasteiger partial charge on any atom is 0.166 e. The minimum Gasteiger partial charge on any atom is -0.383 e. The molecule has 2 unspecified atom stereocenters. The quantitative estimate of drug-likeness (QED) is 0.541. The van der Waals surface area contributed by atoms with Crippen LogP contribution in [0.1, 0.15) is 12.8 Å². The number of ether oxygens (including phenoxy) is 2. The van der Waals surface area contributed by atoms with Crippen LogP contribution in [0.4, 0.5) is 0 Å². The predicted molar refractivity (Wildman–Crippen MR) is 74.8 cm³/mol. The standard InChI is InChI=1S/C12H23N3O2S/c1-16-6-4-13-12(18)14-7-11-8-15-5-2-3-10(15)9-17-11/h10-11H,2-9H2,1H3,(H2,13,14,18). The average Bonchev–Trinajstić information content (AvgIpc) is 2.84. The van der Waals surface area contributed by atoms with Gasteiger partial charge >= 0.3 is 0 Å². The van der Waals surface area contributed by atoms with Crippen LogP contribution in [-0.2, 0) is 9.47 Å². The zero-order valence-electron chi connectivity index (χ0n) is 11.0. The molecule has 18 heavy (non-hydrogen) atoms. The lowest BCUT2D eigenvalue weighted by atomic mass is 10.2. The van der Waals surface area contributed by atoms with Crippen LogP contribution in [0.25, 0.3) is 0 Å². The Kier molecular flexibility index (Phi) is 5.62. The van der Waals surface area contributed by atoms with Crippen LogP contribution in [0.3, 0.4) is 0 Å². The molecule has 2 rings (SSSR count). The van der Waals surface area contributed by atoms with E-state index in [9.17, 15) is 0 Å². The molecule has 0 radical (unpaired) electrons. The summed E-state index contributed by atoms with van der Waals surface area (Å²) in [5.41, 5.74) is 0. The number of fused-ring (bicyclic) bond motifs is 1. The largest absolute Gasteiger partial charge is 0.383 e. The Balaban J connectivity index is 1.60. The zero-order valence-corrected chi connectivity index (χ0v) is 11.8. The third-order valence-corrected chi connectivity index (χ3v) is 3.83. The summed E-state index contributed by atoms with van der Waals surface area (Å²) in [4.78, 5) is 2.54. The number of hydrogen-bond acceptors (Lipinski definition) is 4. The van der Waals surface area contributed by atoms with Gasteiger partial charge in [0.25, 0.3) is 0 Å². The highest BCUT2D eigenvalue weighted by Crippen LogP contribution is 2.22. The minimum absolute atomic E-state index is 0.251. The molecule has 2 N–H and O–H groups in total. The van der Waals surface area contributed by atoms with E-state index in [1.165, 1.54) is 19.4 Å². The van der Waals surface area contributed by atoms with Gasteiger partial charge in [-0.25, -0.2) is 0 Å². The first-order valence-corrected chi connectivity index (χ1v) is 7.06. The van der Waals surface area contributed by atoms with Crippen molar-refractivity contribution in [3.05, 3.63) is 0 Å². The molecule has 0 aliphatic carbocycles. The van der Waals surface area contributed by atoms with Crippen LogP contribution < -0.4 is 10.6 Å². The first-order chi connectivity index (χ1) is 8.79. The fraction of sp³-hybridized carbons (Fsp3) is 0.917. The van der Waals surface area contributed by atoms with Crippen molar-refractivity contribution in [2.24, 2.45) is 0 Å². The molecule has 0 amide bonds. The van der Waals surface area contributed by atoms with Gasteiger partial charge < -0.3 is 20.1 Å². The third-order valence-electron chi connectivity index (χ3n) is 3.54. The van der Waals surface area contributed by atoms with Gasteiger partial charge in [0.15, 0.2) is 5.11 Å². The summed E-state index contributed by atoms with van der Waals surface area (Å²) in [7, 11) is 1.68. The molecule has 5 nitrogen and oxygen atoms in total. The highest BCUT2D eigenvalue weighted by atomic mass is 32.1. The highest BCUT2D eigenvalue weighted by molar-refractivity contribution is 7.80. The van der Waals surface area contributed by atoms with E-state index in [-0.39, 0.29) is 6.10 Å². The van der Waals surface area contributed by atoms with Crippen LogP contribution in [0.2, 0.25) is 0 Å². The maximum absolute atomic E-state index is 5.85. The molecule has 2 fully saturated rings. The van der Waals surface area contributed by atoms with Gasteiger partial charge in [0.1, 0.15) is 0 Å². The Morgan fingerprint density at radius 3 is 3.22 bits per heavy atom. The summed E-state index contributed by atoms with van der Waals surface area (Å²) in [6.45, 7) is 5.30. The summed E-state index contributed by atoms with van der Waals surface area (Å²) in [5, 5.41) is 6.98. The van der Waals surface area contributed by atoms with Crippen LogP contribution in [-0.4, -0.2) is 68.7 Å². The lowest BCUT2D eigenvalue weighted by molar-refractivity contribution is -0.0452. The summed E-state index contributed by atoms with van der Waals surface area (Å²) in [6, 6.07) is 0.660. The molecule has 0 aromatic rings. The molecule has 0 bridgehead atoms. The molecule has 2 atom stereocenters. The Morgan fingerprint density at radius 2 is 2.39 bits per heavy atom. The zero-order chi connectivity index (χ0) is 12.8. The van der Waals surface area contributed by atoms with Crippen LogP contribution in [0, 0.1) is 0 Å². The van der Waals surface area contributed by atoms with Crippen LogP contribution in [0.5, 0.6) is 0 Å². The van der Waals surface area contributed by atoms with Gasteiger partial charge in [0.2, 0.25) is 0 Å². The molecule has 6 heteroatoms. The number of thiocarbonyl (C=S) groups is 1. The Labute approximate surface area is 114 Å². The first kappa shape index (κ1) is 14.0. The number of nitrogens with zero attached hydrogens (tertiary/aromatic N) is 1. The van der Waals surface area contributed by atoms with Crippen molar-refractivity contribution in [2.45, 2.75) is 25.0 Å². The molecule has 0 spiro atoms. The maximum atomic E-state index is 5.85. The van der Waals surface area contributed by atoms with Gasteiger partial charge in [0, 0.05) is 32.8 Å². The van der Waals surface area contributed by atoms with Crippen molar-refractivity contribution < 1.29 is 9.47 Å². The smallest absolute Gasteiger partial charge is 0.166 e. The van der Waals surface area contributed by atoms with Crippen molar-refractivity contribution in [1.29, 1.82) is 0 Å². The van der Waals surface area contributed by atoms with Crippen molar-refractivity contribution in [1.82, 2.24) is 15.5 Å². The average molecular weight is 273 g/mol. The fourth-order valence-corrected chi connectivity index (χ4v) is 2.73. The number of nitrogens with one attached hydrogen (secondary N) is 2. The highest BCUT2D eigenvalue weighted by Gasteiger charge is 2.31. The lowest BCUT2D eigenvalue weighted by Gasteiger charge is -2.35. The van der Waals surface area contributed by atoms with Crippen molar-refractivity contribution in [3.63, 3.8) is 0 Å². The van der Waals surface area contributed by atoms with Crippen molar-refractivity contribution >= 4 is 17.3 Å². The summed E-state index contributed by atoms with van der Waals surface area (Å²) in [5.74, 6) is 0. The van der Waals surface area contributed by atoms with Crippen molar-refractivity contribution in [3.8, 4) is 0 Å². The van der Waals surface area contributed by atoms with Crippen LogP contribution in [0.15, 0.2) is 0 Å². The monoisotopic (exact) mass is 273 g/mol. The Bertz CT molecular complexity index is 278. The number of rotatable bonds is 5. The molecule has 0 aromatic heterocycles. The van der Waals surface area contributed by atoms with E-state index >= 15 is 0 Å². The molecule has 104 valence electrons. The molecular weight excluding hydrogens is 250 g/mol. The molecular formula is C12H23N3O2S. The Morgan fingerprint density at radius 1 is 1.50 bits per heavy atom. The van der Waals surface area contributed by atoms with Gasteiger partial charge in [-0.05, 0) is 31.6 Å². The van der Waals surface area contributed by atoms with E-state index in [2.05, 4.69) is 15.5 Å². The van der Waals surface area contributed by atoms with E-state index < -0.39 is 0 Å². The number of methoxy groups -OCH3 is 1. The molecule has 2 saturated heterocycles. The van der Waals surface area contributed by atoms with E-state index in [1.807, 2.05) is 0 Å². The third kappa shape index (κ3) is 4.05.